The third-order valence-corrected chi connectivity index (χ3v) is 15.4. The smallest absolute Gasteiger partial charge is 0.137 e. The molecule has 1 aromatic heterocycles. The van der Waals surface area contributed by atoms with E-state index in [2.05, 4.69) is 170 Å². The number of nitrogens with zero attached hydrogens (tertiary/aromatic N) is 1. The van der Waals surface area contributed by atoms with E-state index < -0.39 is 0 Å². The Hall–Kier alpha value is -5.86. The largest absolute Gasteiger partial charge is 0.456 e. The molecule has 0 atom stereocenters. The normalized spacial score (nSPS) is 24.2. The van der Waals surface area contributed by atoms with E-state index in [1.807, 2.05) is 0 Å². The quantitative estimate of drug-likeness (QED) is 0.179. The van der Waals surface area contributed by atoms with Crippen LogP contribution >= 0.6 is 0 Å². The van der Waals surface area contributed by atoms with Crippen molar-refractivity contribution in [2.75, 3.05) is 4.90 Å². The monoisotopic (exact) mass is 735 g/mol. The summed E-state index contributed by atoms with van der Waals surface area (Å²) in [6.45, 7) is 4.79. The first-order valence-corrected chi connectivity index (χ1v) is 21.3. The maximum Gasteiger partial charge on any atom is 0.137 e. The van der Waals surface area contributed by atoms with Gasteiger partial charge in [0.15, 0.2) is 0 Å². The first-order chi connectivity index (χ1) is 28.0. The molecule has 1 spiro atoms. The van der Waals surface area contributed by atoms with Gasteiger partial charge in [-0.15, -0.1) is 0 Å². The summed E-state index contributed by atoms with van der Waals surface area (Å²) in [6, 6.07) is 57.3. The standard InChI is InChI=1S/C55H45NO/c1-54(2)46-19-6-3-15-42(46)44-18-10-17-40(53(44)54)35-12-9-13-38(31-35)56(49-21-11-23-51-52(49)45-16-5-8-22-50(45)57-51)39-24-25-43-41-14-4-7-20-47(41)55(48(43)32-39)36-27-33-26-34(29-36)30-37(55)28-33/h3-25,31-34,36-37H,26-30H2,1-2H3. The summed E-state index contributed by atoms with van der Waals surface area (Å²) in [6.07, 6.45) is 6.95. The van der Waals surface area contributed by atoms with E-state index in [-0.39, 0.29) is 10.8 Å². The molecule has 6 aliphatic rings. The molecular weight excluding hydrogens is 691 g/mol. The summed E-state index contributed by atoms with van der Waals surface area (Å²) in [5.74, 6) is 3.22. The summed E-state index contributed by atoms with van der Waals surface area (Å²) in [7, 11) is 0. The molecule has 4 saturated carbocycles. The van der Waals surface area contributed by atoms with Crippen LogP contribution in [0.2, 0.25) is 0 Å². The minimum Gasteiger partial charge on any atom is -0.456 e. The topological polar surface area (TPSA) is 16.4 Å². The number of rotatable bonds is 4. The average Bonchev–Trinajstić information content (AvgIpc) is 3.84. The Morgan fingerprint density at radius 3 is 1.93 bits per heavy atom. The lowest BCUT2D eigenvalue weighted by atomic mass is 9.43. The maximum atomic E-state index is 6.56. The molecule has 276 valence electrons. The SMILES string of the molecule is CC1(C)c2ccccc2-c2cccc(-c3cccc(N(c4ccc5c(c4)C4(c6ccccc6-5)C5CC6CC(C5)CC4C6)c4cccc5oc6ccccc6c45)c3)c21. The Kier molecular flexibility index (Phi) is 6.44. The molecule has 7 aromatic carbocycles. The van der Waals surface area contributed by atoms with Gasteiger partial charge in [0.1, 0.15) is 11.2 Å². The van der Waals surface area contributed by atoms with Gasteiger partial charge in [-0.2, -0.15) is 0 Å². The second-order valence-corrected chi connectivity index (χ2v) is 18.5. The minimum absolute atomic E-state index is 0.0857. The molecular formula is C55H45NO. The Balaban J connectivity index is 1.05. The van der Waals surface area contributed by atoms with Crippen molar-refractivity contribution in [1.29, 1.82) is 0 Å². The number of hydrogen-bond donors (Lipinski definition) is 0. The zero-order chi connectivity index (χ0) is 37.6. The fourth-order valence-corrected chi connectivity index (χ4v) is 13.5. The lowest BCUT2D eigenvalue weighted by molar-refractivity contribution is -0.0399. The van der Waals surface area contributed by atoms with Crippen LogP contribution in [-0.4, -0.2) is 0 Å². The molecule has 2 nitrogen and oxygen atoms in total. The maximum absolute atomic E-state index is 6.56. The summed E-state index contributed by atoms with van der Waals surface area (Å²) in [4.78, 5) is 2.55. The molecule has 0 saturated heterocycles. The average molecular weight is 736 g/mol. The molecule has 14 rings (SSSR count). The lowest BCUT2D eigenvalue weighted by Gasteiger charge is -2.61. The number of benzene rings is 7. The van der Waals surface area contributed by atoms with Gasteiger partial charge in [-0.1, -0.05) is 123 Å². The highest BCUT2D eigenvalue weighted by atomic mass is 16.3. The van der Waals surface area contributed by atoms with E-state index >= 15 is 0 Å². The molecule has 0 unspecified atom stereocenters. The molecule has 4 bridgehead atoms. The second-order valence-electron chi connectivity index (χ2n) is 18.5. The van der Waals surface area contributed by atoms with Gasteiger partial charge >= 0.3 is 0 Å². The predicted molar refractivity (Wildman–Crippen MR) is 235 cm³/mol. The van der Waals surface area contributed by atoms with Gasteiger partial charge in [0.2, 0.25) is 0 Å². The number of anilines is 3. The lowest BCUT2D eigenvalue weighted by Crippen LogP contribution is -2.55. The van der Waals surface area contributed by atoms with Crippen LogP contribution in [0.25, 0.3) is 55.3 Å². The van der Waals surface area contributed by atoms with Crippen LogP contribution in [-0.2, 0) is 10.8 Å². The fourth-order valence-electron chi connectivity index (χ4n) is 13.5. The Morgan fingerprint density at radius 1 is 0.491 bits per heavy atom. The zero-order valence-corrected chi connectivity index (χ0v) is 32.6. The van der Waals surface area contributed by atoms with Crippen molar-refractivity contribution in [3.05, 3.63) is 174 Å². The highest BCUT2D eigenvalue weighted by Crippen LogP contribution is 2.69. The van der Waals surface area contributed by atoms with Gasteiger partial charge in [0, 0.05) is 27.6 Å². The van der Waals surface area contributed by atoms with Gasteiger partial charge in [-0.05, 0) is 154 Å². The summed E-state index contributed by atoms with van der Waals surface area (Å²) < 4.78 is 6.56. The molecule has 6 aliphatic carbocycles. The first-order valence-electron chi connectivity index (χ1n) is 21.3. The van der Waals surface area contributed by atoms with E-state index in [1.165, 1.54) is 82.3 Å². The molecule has 0 N–H and O–H groups in total. The summed E-state index contributed by atoms with van der Waals surface area (Å²) in [5, 5.41) is 2.31. The molecule has 0 radical (unpaired) electrons. The van der Waals surface area contributed by atoms with Crippen molar-refractivity contribution < 1.29 is 4.42 Å². The van der Waals surface area contributed by atoms with Crippen LogP contribution in [0.15, 0.2) is 156 Å². The zero-order valence-electron chi connectivity index (χ0n) is 32.6. The number of hydrogen-bond acceptors (Lipinski definition) is 2. The van der Waals surface area contributed by atoms with Crippen LogP contribution in [0.1, 0.15) is 68.2 Å². The third-order valence-electron chi connectivity index (χ3n) is 15.4. The van der Waals surface area contributed by atoms with E-state index in [4.69, 9.17) is 4.42 Å². The number of para-hydroxylation sites is 1. The van der Waals surface area contributed by atoms with E-state index in [9.17, 15) is 0 Å². The Morgan fingerprint density at radius 2 is 1.11 bits per heavy atom. The van der Waals surface area contributed by atoms with Gasteiger partial charge in [0.25, 0.3) is 0 Å². The molecule has 1 heterocycles. The van der Waals surface area contributed by atoms with Crippen molar-refractivity contribution >= 4 is 39.0 Å². The number of fused-ring (bicyclic) bond motifs is 9. The van der Waals surface area contributed by atoms with Crippen LogP contribution in [0.5, 0.6) is 0 Å². The van der Waals surface area contributed by atoms with Gasteiger partial charge in [0.05, 0.1) is 11.1 Å². The second kappa shape index (κ2) is 11.4. The first kappa shape index (κ1) is 32.2. The van der Waals surface area contributed by atoms with Gasteiger partial charge < -0.3 is 9.32 Å². The van der Waals surface area contributed by atoms with E-state index in [1.54, 1.807) is 11.1 Å². The molecule has 8 aromatic rings. The predicted octanol–water partition coefficient (Wildman–Crippen LogP) is 14.8. The van der Waals surface area contributed by atoms with Crippen molar-refractivity contribution in [3.63, 3.8) is 0 Å². The minimum atomic E-state index is -0.110. The molecule has 0 aliphatic heterocycles. The van der Waals surface area contributed by atoms with Crippen LogP contribution in [0, 0.1) is 23.7 Å². The molecule has 57 heavy (non-hydrogen) atoms. The Labute approximate surface area is 334 Å². The number of furan rings is 1. The van der Waals surface area contributed by atoms with Crippen molar-refractivity contribution in [1.82, 2.24) is 0 Å². The van der Waals surface area contributed by atoms with E-state index in [0.29, 0.717) is 11.8 Å². The van der Waals surface area contributed by atoms with Gasteiger partial charge in [-0.25, -0.2) is 0 Å². The van der Waals surface area contributed by atoms with Crippen LogP contribution < -0.4 is 4.90 Å². The van der Waals surface area contributed by atoms with Crippen molar-refractivity contribution in [2.45, 2.75) is 56.8 Å². The van der Waals surface area contributed by atoms with Crippen LogP contribution in [0.3, 0.4) is 0 Å². The Bertz CT molecular complexity index is 2950. The molecule has 0 amide bonds. The van der Waals surface area contributed by atoms with Gasteiger partial charge in [-0.3, -0.25) is 0 Å². The van der Waals surface area contributed by atoms with Crippen LogP contribution in [0.4, 0.5) is 17.1 Å². The summed E-state index contributed by atoms with van der Waals surface area (Å²) >= 11 is 0. The highest BCUT2D eigenvalue weighted by molar-refractivity contribution is 6.13. The molecule has 2 heteroatoms. The van der Waals surface area contributed by atoms with Crippen molar-refractivity contribution in [2.24, 2.45) is 23.7 Å². The summed E-state index contributed by atoms with van der Waals surface area (Å²) in [5.41, 5.74) is 19.5. The van der Waals surface area contributed by atoms with Crippen molar-refractivity contribution in [3.8, 4) is 33.4 Å². The molecule has 4 fully saturated rings. The highest BCUT2D eigenvalue weighted by Gasteiger charge is 2.61. The van der Waals surface area contributed by atoms with E-state index in [0.717, 1.165) is 45.1 Å². The fraction of sp³-hybridized carbons (Fsp3) is 0.236. The third kappa shape index (κ3) is 4.21.